The maximum Gasteiger partial charge on any atom is 0.0401 e. The molecule has 1 unspecified atom stereocenters. The van der Waals surface area contributed by atoms with E-state index >= 15 is 0 Å². The van der Waals surface area contributed by atoms with E-state index in [0.717, 1.165) is 12.5 Å². The first-order valence-corrected chi connectivity index (χ1v) is 7.26. The number of piperidine rings is 1. The molecule has 0 spiro atoms. The van der Waals surface area contributed by atoms with Crippen LogP contribution in [0.1, 0.15) is 44.6 Å². The van der Waals surface area contributed by atoms with Crippen molar-refractivity contribution in [3.63, 3.8) is 0 Å². The van der Waals surface area contributed by atoms with Gasteiger partial charge in [-0.05, 0) is 49.3 Å². The Labute approximate surface area is 111 Å². The molecule has 0 aliphatic carbocycles. The highest BCUT2D eigenvalue weighted by Gasteiger charge is 2.21. The number of nitrogens with two attached hydrogens (primary N) is 1. The summed E-state index contributed by atoms with van der Waals surface area (Å²) in [6.45, 7) is 7.76. The minimum Gasteiger partial charge on any atom is -0.371 e. The third kappa shape index (κ3) is 3.05. The summed E-state index contributed by atoms with van der Waals surface area (Å²) in [4.78, 5) is 2.57. The molecule has 1 aliphatic rings. The molecule has 2 nitrogen and oxygen atoms in total. The quantitative estimate of drug-likeness (QED) is 0.882. The Hall–Kier alpha value is -1.02. The normalized spacial score (nSPS) is 20.4. The predicted molar refractivity (Wildman–Crippen MR) is 79.1 cm³/mol. The fourth-order valence-electron chi connectivity index (χ4n) is 3.02. The Balaban J connectivity index is 2.15. The molecule has 0 radical (unpaired) electrons. The van der Waals surface area contributed by atoms with Gasteiger partial charge in [-0.25, -0.2) is 0 Å². The summed E-state index contributed by atoms with van der Waals surface area (Å²) in [5.41, 5.74) is 8.62. The Kier molecular flexibility index (Phi) is 4.65. The van der Waals surface area contributed by atoms with Crippen molar-refractivity contribution in [1.29, 1.82) is 0 Å². The van der Waals surface area contributed by atoms with E-state index in [2.05, 4.69) is 43.0 Å². The van der Waals surface area contributed by atoms with Gasteiger partial charge in [-0.2, -0.15) is 0 Å². The van der Waals surface area contributed by atoms with Crippen molar-refractivity contribution in [2.75, 3.05) is 24.5 Å². The summed E-state index contributed by atoms with van der Waals surface area (Å²) in [7, 11) is 0. The maximum absolute atomic E-state index is 5.70. The van der Waals surface area contributed by atoms with Gasteiger partial charge in [0.05, 0.1) is 0 Å². The molecule has 100 valence electrons. The third-order valence-corrected chi connectivity index (χ3v) is 3.99. The van der Waals surface area contributed by atoms with Gasteiger partial charge in [0.1, 0.15) is 0 Å². The lowest BCUT2D eigenvalue weighted by Crippen LogP contribution is -2.36. The van der Waals surface area contributed by atoms with Crippen molar-refractivity contribution in [3.8, 4) is 0 Å². The summed E-state index contributed by atoms with van der Waals surface area (Å²) in [5.74, 6) is 1.38. The lowest BCUT2D eigenvalue weighted by Gasteiger charge is -2.36. The first kappa shape index (κ1) is 13.4. The van der Waals surface area contributed by atoms with E-state index < -0.39 is 0 Å². The summed E-state index contributed by atoms with van der Waals surface area (Å²) >= 11 is 0. The molecule has 1 aromatic carbocycles. The molecule has 1 fully saturated rings. The minimum atomic E-state index is 0.594. The van der Waals surface area contributed by atoms with E-state index in [0.29, 0.717) is 5.92 Å². The molecule has 1 heterocycles. The second-order valence-corrected chi connectivity index (χ2v) is 5.75. The van der Waals surface area contributed by atoms with Gasteiger partial charge in [0.25, 0.3) is 0 Å². The van der Waals surface area contributed by atoms with Crippen molar-refractivity contribution < 1.29 is 0 Å². The van der Waals surface area contributed by atoms with Gasteiger partial charge in [-0.1, -0.05) is 32.0 Å². The minimum absolute atomic E-state index is 0.594. The average Bonchev–Trinajstić information content (AvgIpc) is 2.39. The molecule has 1 saturated heterocycles. The van der Waals surface area contributed by atoms with Crippen LogP contribution in [-0.4, -0.2) is 19.6 Å². The number of rotatable bonds is 4. The highest BCUT2D eigenvalue weighted by atomic mass is 15.1. The standard InChI is InChI=1S/C16H26N2/c1-13(2)15-7-3-4-8-16(15)18-11-5-6-14(12-18)9-10-17/h3-4,7-8,13-14H,5-6,9-12,17H2,1-2H3. The van der Waals surface area contributed by atoms with Crippen LogP contribution in [0.3, 0.4) is 0 Å². The van der Waals surface area contributed by atoms with Crippen LogP contribution in [0.15, 0.2) is 24.3 Å². The fourth-order valence-corrected chi connectivity index (χ4v) is 3.02. The maximum atomic E-state index is 5.70. The van der Waals surface area contributed by atoms with Crippen LogP contribution < -0.4 is 10.6 Å². The van der Waals surface area contributed by atoms with Crippen molar-refractivity contribution in [1.82, 2.24) is 0 Å². The van der Waals surface area contributed by atoms with Gasteiger partial charge in [0.2, 0.25) is 0 Å². The summed E-state index contributed by atoms with van der Waals surface area (Å²) in [6, 6.07) is 8.86. The number of para-hydroxylation sites is 1. The Morgan fingerprint density at radius 3 is 2.83 bits per heavy atom. The Morgan fingerprint density at radius 2 is 2.11 bits per heavy atom. The average molecular weight is 246 g/mol. The largest absolute Gasteiger partial charge is 0.371 e. The lowest BCUT2D eigenvalue weighted by atomic mass is 9.92. The van der Waals surface area contributed by atoms with Crippen LogP contribution in [-0.2, 0) is 0 Å². The molecular weight excluding hydrogens is 220 g/mol. The zero-order valence-electron chi connectivity index (χ0n) is 11.7. The molecule has 2 N–H and O–H groups in total. The van der Waals surface area contributed by atoms with Gasteiger partial charge in [-0.15, -0.1) is 0 Å². The zero-order valence-corrected chi connectivity index (χ0v) is 11.7. The first-order valence-electron chi connectivity index (χ1n) is 7.26. The van der Waals surface area contributed by atoms with E-state index in [1.54, 1.807) is 0 Å². The second kappa shape index (κ2) is 6.24. The summed E-state index contributed by atoms with van der Waals surface area (Å²) in [6.07, 6.45) is 3.81. The smallest absolute Gasteiger partial charge is 0.0401 e. The van der Waals surface area contributed by atoms with Gasteiger partial charge in [-0.3, -0.25) is 0 Å². The molecule has 0 bridgehead atoms. The lowest BCUT2D eigenvalue weighted by molar-refractivity contribution is 0.395. The second-order valence-electron chi connectivity index (χ2n) is 5.75. The highest BCUT2D eigenvalue weighted by molar-refractivity contribution is 5.55. The molecule has 1 atom stereocenters. The van der Waals surface area contributed by atoms with Gasteiger partial charge < -0.3 is 10.6 Å². The first-order chi connectivity index (χ1) is 8.72. The summed E-state index contributed by atoms with van der Waals surface area (Å²) < 4.78 is 0. The topological polar surface area (TPSA) is 29.3 Å². The molecular formula is C16H26N2. The SMILES string of the molecule is CC(C)c1ccccc1N1CCCC(CCN)C1. The molecule has 0 saturated carbocycles. The van der Waals surface area contributed by atoms with Crippen LogP contribution in [0.5, 0.6) is 0 Å². The molecule has 18 heavy (non-hydrogen) atoms. The number of anilines is 1. The van der Waals surface area contributed by atoms with Gasteiger partial charge >= 0.3 is 0 Å². The monoisotopic (exact) mass is 246 g/mol. The van der Waals surface area contributed by atoms with Crippen molar-refractivity contribution in [3.05, 3.63) is 29.8 Å². The van der Waals surface area contributed by atoms with Crippen LogP contribution >= 0.6 is 0 Å². The molecule has 2 heteroatoms. The van der Waals surface area contributed by atoms with Crippen molar-refractivity contribution in [2.24, 2.45) is 11.7 Å². The van der Waals surface area contributed by atoms with E-state index in [-0.39, 0.29) is 0 Å². The predicted octanol–water partition coefficient (Wildman–Crippen LogP) is 3.38. The third-order valence-electron chi connectivity index (χ3n) is 3.99. The molecule has 2 rings (SSSR count). The van der Waals surface area contributed by atoms with Crippen molar-refractivity contribution >= 4 is 5.69 Å². The van der Waals surface area contributed by atoms with Gasteiger partial charge in [0.15, 0.2) is 0 Å². The fraction of sp³-hybridized carbons (Fsp3) is 0.625. The van der Waals surface area contributed by atoms with E-state index in [1.807, 2.05) is 0 Å². The van der Waals surface area contributed by atoms with Crippen LogP contribution in [0.2, 0.25) is 0 Å². The number of benzene rings is 1. The van der Waals surface area contributed by atoms with Crippen LogP contribution in [0.4, 0.5) is 5.69 Å². The Bertz CT molecular complexity index is 371. The van der Waals surface area contributed by atoms with Crippen LogP contribution in [0.25, 0.3) is 0 Å². The van der Waals surface area contributed by atoms with E-state index in [9.17, 15) is 0 Å². The van der Waals surface area contributed by atoms with Crippen molar-refractivity contribution in [2.45, 2.75) is 39.0 Å². The van der Waals surface area contributed by atoms with E-state index in [4.69, 9.17) is 5.73 Å². The number of hydrogen-bond donors (Lipinski definition) is 1. The van der Waals surface area contributed by atoms with E-state index in [1.165, 1.54) is 43.6 Å². The Morgan fingerprint density at radius 1 is 1.33 bits per heavy atom. The summed E-state index contributed by atoms with van der Waals surface area (Å²) in [5, 5.41) is 0. The highest BCUT2D eigenvalue weighted by Crippen LogP contribution is 2.31. The van der Waals surface area contributed by atoms with Crippen LogP contribution in [0, 0.1) is 5.92 Å². The number of hydrogen-bond acceptors (Lipinski definition) is 2. The molecule has 1 aromatic rings. The molecule has 0 amide bonds. The molecule has 0 aromatic heterocycles. The number of nitrogens with zero attached hydrogens (tertiary/aromatic N) is 1. The van der Waals surface area contributed by atoms with Gasteiger partial charge in [0, 0.05) is 18.8 Å². The molecule has 1 aliphatic heterocycles. The zero-order chi connectivity index (χ0) is 13.0.